The van der Waals surface area contributed by atoms with Gasteiger partial charge in [-0.3, -0.25) is 4.79 Å². The molecule has 1 fully saturated rings. The highest BCUT2D eigenvalue weighted by molar-refractivity contribution is 5.91. The quantitative estimate of drug-likeness (QED) is 0.898. The summed E-state index contributed by atoms with van der Waals surface area (Å²) in [4.78, 5) is 11.9. The zero-order chi connectivity index (χ0) is 13.2. The first-order valence-electron chi connectivity index (χ1n) is 6.57. The number of nitrogens with one attached hydrogen (secondary N) is 2. The van der Waals surface area contributed by atoms with E-state index < -0.39 is 0 Å². The minimum absolute atomic E-state index is 0. The first kappa shape index (κ1) is 16.1. The van der Waals surface area contributed by atoms with Crippen molar-refractivity contribution < 1.29 is 9.21 Å². The Balaban J connectivity index is 0.00000180. The molecule has 0 aliphatic carbocycles. The molecule has 1 atom stereocenters. The van der Waals surface area contributed by atoms with Crippen LogP contribution in [0.4, 0.5) is 0 Å². The SMILES string of the molecule is Cc1ccc(C(=O)NCC2NCCCC2(C)C)o1.Cl. The molecule has 1 saturated heterocycles. The molecule has 1 aliphatic rings. The number of halogens is 1. The van der Waals surface area contributed by atoms with Gasteiger partial charge in [0.25, 0.3) is 5.91 Å². The van der Waals surface area contributed by atoms with Crippen molar-refractivity contribution in [1.82, 2.24) is 10.6 Å². The number of carbonyl (C=O) groups excluding carboxylic acids is 1. The van der Waals surface area contributed by atoms with Crippen LogP contribution in [0.25, 0.3) is 0 Å². The predicted octanol–water partition coefficient (Wildman–Crippen LogP) is 2.52. The Morgan fingerprint density at radius 2 is 2.26 bits per heavy atom. The average molecular weight is 287 g/mol. The molecule has 1 amide bonds. The second-order valence-corrected chi connectivity index (χ2v) is 5.72. The van der Waals surface area contributed by atoms with E-state index in [1.54, 1.807) is 12.1 Å². The third kappa shape index (κ3) is 3.98. The zero-order valence-corrected chi connectivity index (χ0v) is 12.6. The summed E-state index contributed by atoms with van der Waals surface area (Å²) in [5.74, 6) is 1.02. The fourth-order valence-corrected chi connectivity index (χ4v) is 2.46. The van der Waals surface area contributed by atoms with Gasteiger partial charge in [0, 0.05) is 12.6 Å². The second kappa shape index (κ2) is 6.44. The van der Waals surface area contributed by atoms with E-state index in [0.29, 0.717) is 18.3 Å². The summed E-state index contributed by atoms with van der Waals surface area (Å²) >= 11 is 0. The maximum Gasteiger partial charge on any atom is 0.287 e. The number of hydrogen-bond donors (Lipinski definition) is 2. The van der Waals surface area contributed by atoms with Crippen molar-refractivity contribution in [2.75, 3.05) is 13.1 Å². The van der Waals surface area contributed by atoms with Gasteiger partial charge < -0.3 is 15.1 Å². The minimum atomic E-state index is -0.133. The Kier molecular flexibility index (Phi) is 5.44. The van der Waals surface area contributed by atoms with Gasteiger partial charge in [0.05, 0.1) is 0 Å². The number of amides is 1. The molecule has 4 nitrogen and oxygen atoms in total. The summed E-state index contributed by atoms with van der Waals surface area (Å²) in [6.45, 7) is 8.00. The molecule has 0 saturated carbocycles. The summed E-state index contributed by atoms with van der Waals surface area (Å²) in [6.07, 6.45) is 2.40. The highest BCUT2D eigenvalue weighted by Crippen LogP contribution is 2.29. The number of furan rings is 1. The highest BCUT2D eigenvalue weighted by Gasteiger charge is 2.32. The normalized spacial score (nSPS) is 21.5. The Labute approximate surface area is 120 Å². The van der Waals surface area contributed by atoms with Gasteiger partial charge in [-0.05, 0) is 43.9 Å². The van der Waals surface area contributed by atoms with Crippen molar-refractivity contribution in [3.05, 3.63) is 23.7 Å². The number of rotatable bonds is 3. The fraction of sp³-hybridized carbons (Fsp3) is 0.643. The van der Waals surface area contributed by atoms with Gasteiger partial charge in [-0.1, -0.05) is 13.8 Å². The van der Waals surface area contributed by atoms with E-state index in [-0.39, 0.29) is 23.7 Å². The molecule has 2 heterocycles. The van der Waals surface area contributed by atoms with Crippen molar-refractivity contribution >= 4 is 18.3 Å². The van der Waals surface area contributed by atoms with E-state index in [2.05, 4.69) is 24.5 Å². The van der Waals surface area contributed by atoms with Gasteiger partial charge in [-0.25, -0.2) is 0 Å². The molecule has 1 aliphatic heterocycles. The molecule has 0 spiro atoms. The first-order chi connectivity index (χ1) is 8.49. The lowest BCUT2D eigenvalue weighted by atomic mass is 9.77. The van der Waals surface area contributed by atoms with Gasteiger partial charge in [0.15, 0.2) is 5.76 Å². The van der Waals surface area contributed by atoms with Gasteiger partial charge in [0.1, 0.15) is 5.76 Å². The van der Waals surface area contributed by atoms with E-state index >= 15 is 0 Å². The van der Waals surface area contributed by atoms with Crippen molar-refractivity contribution in [2.24, 2.45) is 5.41 Å². The van der Waals surface area contributed by atoms with E-state index in [4.69, 9.17) is 4.42 Å². The lowest BCUT2D eigenvalue weighted by Crippen LogP contribution is -2.52. The molecule has 19 heavy (non-hydrogen) atoms. The van der Waals surface area contributed by atoms with Crippen LogP contribution < -0.4 is 10.6 Å². The first-order valence-corrected chi connectivity index (χ1v) is 6.57. The molecule has 0 radical (unpaired) electrons. The summed E-state index contributed by atoms with van der Waals surface area (Å²) < 4.78 is 5.30. The van der Waals surface area contributed by atoms with Crippen LogP contribution in [0.1, 0.15) is 43.0 Å². The van der Waals surface area contributed by atoms with Crippen LogP contribution >= 0.6 is 12.4 Å². The molecule has 1 aromatic rings. The molecule has 5 heteroatoms. The summed E-state index contributed by atoms with van der Waals surface area (Å²) in [6, 6.07) is 3.84. The Morgan fingerprint density at radius 3 is 2.84 bits per heavy atom. The third-order valence-corrected chi connectivity index (χ3v) is 3.76. The molecular weight excluding hydrogens is 264 g/mol. The molecule has 2 rings (SSSR count). The van der Waals surface area contributed by atoms with E-state index in [1.165, 1.54) is 12.8 Å². The Morgan fingerprint density at radius 1 is 1.53 bits per heavy atom. The lowest BCUT2D eigenvalue weighted by molar-refractivity contribution is 0.0900. The van der Waals surface area contributed by atoms with E-state index in [9.17, 15) is 4.79 Å². The molecule has 1 unspecified atom stereocenters. The van der Waals surface area contributed by atoms with Gasteiger partial charge >= 0.3 is 0 Å². The highest BCUT2D eigenvalue weighted by atomic mass is 35.5. The fourth-order valence-electron chi connectivity index (χ4n) is 2.46. The number of aryl methyl sites for hydroxylation is 1. The van der Waals surface area contributed by atoms with Crippen LogP contribution in [0.15, 0.2) is 16.5 Å². The molecule has 0 bridgehead atoms. The summed E-state index contributed by atoms with van der Waals surface area (Å²) in [5, 5.41) is 6.42. The topological polar surface area (TPSA) is 54.3 Å². The van der Waals surface area contributed by atoms with Crippen LogP contribution in [-0.2, 0) is 0 Å². The van der Waals surface area contributed by atoms with Crippen LogP contribution in [-0.4, -0.2) is 25.0 Å². The third-order valence-electron chi connectivity index (χ3n) is 3.76. The molecular formula is C14H23ClN2O2. The zero-order valence-electron chi connectivity index (χ0n) is 11.8. The standard InChI is InChI=1S/C14H22N2O2.ClH/c1-10-5-6-11(18-10)13(17)16-9-12-14(2,3)7-4-8-15-12;/h5-6,12,15H,4,7-9H2,1-3H3,(H,16,17);1H. The minimum Gasteiger partial charge on any atom is -0.456 e. The number of piperidine rings is 1. The predicted molar refractivity (Wildman–Crippen MR) is 77.8 cm³/mol. The number of hydrogen-bond acceptors (Lipinski definition) is 3. The van der Waals surface area contributed by atoms with Crippen molar-refractivity contribution in [2.45, 2.75) is 39.7 Å². The van der Waals surface area contributed by atoms with Crippen molar-refractivity contribution in [3.8, 4) is 0 Å². The van der Waals surface area contributed by atoms with Crippen LogP contribution in [0, 0.1) is 12.3 Å². The molecule has 1 aromatic heterocycles. The maximum absolute atomic E-state index is 11.9. The van der Waals surface area contributed by atoms with Crippen LogP contribution in [0.5, 0.6) is 0 Å². The van der Waals surface area contributed by atoms with Crippen molar-refractivity contribution in [1.29, 1.82) is 0 Å². The smallest absolute Gasteiger partial charge is 0.287 e. The van der Waals surface area contributed by atoms with Crippen LogP contribution in [0.3, 0.4) is 0 Å². The monoisotopic (exact) mass is 286 g/mol. The van der Waals surface area contributed by atoms with Gasteiger partial charge in [-0.15, -0.1) is 12.4 Å². The molecule has 0 aromatic carbocycles. The summed E-state index contributed by atoms with van der Waals surface area (Å²) in [7, 11) is 0. The van der Waals surface area contributed by atoms with Gasteiger partial charge in [-0.2, -0.15) is 0 Å². The number of carbonyl (C=O) groups is 1. The Hall–Kier alpha value is -1.00. The molecule has 108 valence electrons. The van der Waals surface area contributed by atoms with E-state index in [0.717, 1.165) is 12.3 Å². The van der Waals surface area contributed by atoms with Crippen molar-refractivity contribution in [3.63, 3.8) is 0 Å². The maximum atomic E-state index is 11.9. The van der Waals surface area contributed by atoms with E-state index in [1.807, 2.05) is 6.92 Å². The van der Waals surface area contributed by atoms with Crippen LogP contribution in [0.2, 0.25) is 0 Å². The lowest BCUT2D eigenvalue weighted by Gasteiger charge is -2.39. The van der Waals surface area contributed by atoms with Gasteiger partial charge in [0.2, 0.25) is 0 Å². The second-order valence-electron chi connectivity index (χ2n) is 5.72. The Bertz CT molecular complexity index is 429. The molecule has 2 N–H and O–H groups in total. The average Bonchev–Trinajstić information content (AvgIpc) is 2.73. The summed E-state index contributed by atoms with van der Waals surface area (Å²) in [5.41, 5.74) is 0.227. The largest absolute Gasteiger partial charge is 0.456 e.